The van der Waals surface area contributed by atoms with Gasteiger partial charge < -0.3 is 5.73 Å². The summed E-state index contributed by atoms with van der Waals surface area (Å²) in [6.45, 7) is 2.61. The molecule has 2 rings (SSSR count). The second kappa shape index (κ2) is 5.43. The second-order valence-electron chi connectivity index (χ2n) is 3.16. The summed E-state index contributed by atoms with van der Waals surface area (Å²) < 4.78 is 0. The van der Waals surface area contributed by atoms with Gasteiger partial charge in [0.05, 0.1) is 0 Å². The van der Waals surface area contributed by atoms with E-state index < -0.39 is 0 Å². The van der Waals surface area contributed by atoms with Crippen molar-refractivity contribution in [3.05, 3.63) is 29.3 Å². The van der Waals surface area contributed by atoms with E-state index in [2.05, 4.69) is 41.4 Å². The van der Waals surface area contributed by atoms with Gasteiger partial charge in [0.1, 0.15) is 10.0 Å². The van der Waals surface area contributed by atoms with Gasteiger partial charge in [-0.1, -0.05) is 30.4 Å². The summed E-state index contributed by atoms with van der Waals surface area (Å²) in [6.07, 6.45) is 0. The molecule has 84 valence electrons. The number of nitrogens with two attached hydrogens (primary N) is 1. The van der Waals surface area contributed by atoms with Crippen LogP contribution in [-0.4, -0.2) is 16.0 Å². The molecule has 0 spiro atoms. The first-order valence-corrected chi connectivity index (χ1v) is 6.89. The molecule has 3 nitrogen and oxygen atoms in total. The number of rotatable bonds is 4. The molecule has 0 bridgehead atoms. The van der Waals surface area contributed by atoms with Gasteiger partial charge in [0.15, 0.2) is 0 Å². The Morgan fingerprint density at radius 2 is 2.00 bits per heavy atom. The van der Waals surface area contributed by atoms with E-state index >= 15 is 0 Å². The van der Waals surface area contributed by atoms with Crippen molar-refractivity contribution in [2.75, 3.05) is 5.75 Å². The molecule has 0 atom stereocenters. The zero-order valence-corrected chi connectivity index (χ0v) is 10.6. The quantitative estimate of drug-likeness (QED) is 0.849. The number of aromatic nitrogens is 2. The Bertz CT molecular complexity index is 451. The van der Waals surface area contributed by atoms with Crippen molar-refractivity contribution in [3.63, 3.8) is 0 Å². The van der Waals surface area contributed by atoms with E-state index in [1.807, 2.05) is 11.8 Å². The topological polar surface area (TPSA) is 51.8 Å². The Balaban J connectivity index is 2.20. The van der Waals surface area contributed by atoms with Gasteiger partial charge in [-0.2, -0.15) is 0 Å². The molecule has 0 fully saturated rings. The Morgan fingerprint density at radius 3 is 2.56 bits per heavy atom. The monoisotopic (exact) mass is 251 g/mol. The van der Waals surface area contributed by atoms with Crippen molar-refractivity contribution in [3.8, 4) is 10.6 Å². The summed E-state index contributed by atoms with van der Waals surface area (Å²) in [5.74, 6) is 1.09. The molecule has 0 amide bonds. The van der Waals surface area contributed by atoms with E-state index in [1.165, 1.54) is 4.90 Å². The third kappa shape index (κ3) is 2.61. The molecule has 0 saturated heterocycles. The summed E-state index contributed by atoms with van der Waals surface area (Å²) in [5, 5.41) is 9.94. The smallest absolute Gasteiger partial charge is 0.147 e. The molecule has 0 aliphatic carbocycles. The van der Waals surface area contributed by atoms with Crippen molar-refractivity contribution in [1.29, 1.82) is 0 Å². The van der Waals surface area contributed by atoms with Gasteiger partial charge >= 0.3 is 0 Å². The molecule has 5 heteroatoms. The van der Waals surface area contributed by atoms with E-state index in [0.717, 1.165) is 21.3 Å². The first-order valence-electron chi connectivity index (χ1n) is 5.09. The fourth-order valence-electron chi connectivity index (χ4n) is 1.31. The van der Waals surface area contributed by atoms with Crippen molar-refractivity contribution in [2.24, 2.45) is 5.73 Å². The Morgan fingerprint density at radius 1 is 1.25 bits per heavy atom. The molecule has 2 aromatic rings. The number of thioether (sulfide) groups is 1. The fourth-order valence-corrected chi connectivity index (χ4v) is 2.70. The summed E-state index contributed by atoms with van der Waals surface area (Å²) >= 11 is 3.39. The van der Waals surface area contributed by atoms with Gasteiger partial charge in [-0.15, -0.1) is 22.0 Å². The zero-order valence-electron chi connectivity index (χ0n) is 9.01. The highest BCUT2D eigenvalue weighted by Gasteiger charge is 2.05. The average molecular weight is 251 g/mol. The van der Waals surface area contributed by atoms with Crippen LogP contribution < -0.4 is 5.73 Å². The summed E-state index contributed by atoms with van der Waals surface area (Å²) in [6, 6.07) is 8.40. The normalized spacial score (nSPS) is 10.6. The van der Waals surface area contributed by atoms with Crippen LogP contribution in [0.1, 0.15) is 11.9 Å². The minimum absolute atomic E-state index is 0.460. The predicted molar refractivity (Wildman–Crippen MR) is 69.6 cm³/mol. The molecular formula is C11H13N3S2. The third-order valence-electron chi connectivity index (χ3n) is 2.05. The van der Waals surface area contributed by atoms with Crippen molar-refractivity contribution in [2.45, 2.75) is 18.4 Å². The van der Waals surface area contributed by atoms with E-state index in [-0.39, 0.29) is 0 Å². The summed E-state index contributed by atoms with van der Waals surface area (Å²) in [4.78, 5) is 1.29. The van der Waals surface area contributed by atoms with Crippen molar-refractivity contribution in [1.82, 2.24) is 10.2 Å². The van der Waals surface area contributed by atoms with Crippen LogP contribution in [0.3, 0.4) is 0 Å². The molecule has 0 radical (unpaired) electrons. The lowest BCUT2D eigenvalue weighted by Crippen LogP contribution is -1.94. The van der Waals surface area contributed by atoms with Gasteiger partial charge in [0.25, 0.3) is 0 Å². The van der Waals surface area contributed by atoms with Crippen LogP contribution >= 0.6 is 23.1 Å². The molecule has 1 aromatic carbocycles. The summed E-state index contributed by atoms with van der Waals surface area (Å²) in [5.41, 5.74) is 6.62. The lowest BCUT2D eigenvalue weighted by atomic mass is 10.2. The number of benzene rings is 1. The standard InChI is InChI=1S/C11H13N3S2/c1-2-15-9-5-3-8(4-6-9)11-14-13-10(7-12)16-11/h3-6H,2,7,12H2,1H3. The van der Waals surface area contributed by atoms with Crippen LogP contribution in [0.25, 0.3) is 10.6 Å². The molecular weight excluding hydrogens is 238 g/mol. The van der Waals surface area contributed by atoms with Gasteiger partial charge in [0, 0.05) is 17.0 Å². The Hall–Kier alpha value is -0.910. The maximum absolute atomic E-state index is 5.51. The Labute approximate surface area is 103 Å². The fraction of sp³-hybridized carbons (Fsp3) is 0.273. The lowest BCUT2D eigenvalue weighted by Gasteiger charge is -1.99. The molecule has 0 unspecified atom stereocenters. The van der Waals surface area contributed by atoms with E-state index in [9.17, 15) is 0 Å². The van der Waals surface area contributed by atoms with E-state index in [0.29, 0.717) is 6.54 Å². The van der Waals surface area contributed by atoms with Gasteiger partial charge in [-0.05, 0) is 17.9 Å². The van der Waals surface area contributed by atoms with Crippen LogP contribution in [0.2, 0.25) is 0 Å². The molecule has 16 heavy (non-hydrogen) atoms. The average Bonchev–Trinajstić information content (AvgIpc) is 2.79. The predicted octanol–water partition coefficient (Wildman–Crippen LogP) is 2.78. The highest BCUT2D eigenvalue weighted by molar-refractivity contribution is 7.99. The highest BCUT2D eigenvalue weighted by atomic mass is 32.2. The van der Waals surface area contributed by atoms with E-state index in [4.69, 9.17) is 5.73 Å². The molecule has 0 aliphatic rings. The number of hydrogen-bond acceptors (Lipinski definition) is 5. The maximum Gasteiger partial charge on any atom is 0.147 e. The number of nitrogens with zero attached hydrogens (tertiary/aromatic N) is 2. The SMILES string of the molecule is CCSc1ccc(-c2nnc(CN)s2)cc1. The highest BCUT2D eigenvalue weighted by Crippen LogP contribution is 2.26. The van der Waals surface area contributed by atoms with Crippen LogP contribution in [0.5, 0.6) is 0 Å². The van der Waals surface area contributed by atoms with Crippen LogP contribution in [0.15, 0.2) is 29.2 Å². The van der Waals surface area contributed by atoms with Crippen molar-refractivity contribution < 1.29 is 0 Å². The molecule has 2 N–H and O–H groups in total. The lowest BCUT2D eigenvalue weighted by molar-refractivity contribution is 0.960. The first kappa shape index (κ1) is 11.6. The van der Waals surface area contributed by atoms with Crippen molar-refractivity contribution >= 4 is 23.1 Å². The van der Waals surface area contributed by atoms with Crippen LogP contribution in [-0.2, 0) is 6.54 Å². The van der Waals surface area contributed by atoms with Gasteiger partial charge in [0.2, 0.25) is 0 Å². The maximum atomic E-state index is 5.51. The molecule has 0 aliphatic heterocycles. The minimum atomic E-state index is 0.460. The largest absolute Gasteiger partial charge is 0.324 e. The van der Waals surface area contributed by atoms with Gasteiger partial charge in [-0.3, -0.25) is 0 Å². The Kier molecular flexibility index (Phi) is 3.93. The van der Waals surface area contributed by atoms with E-state index in [1.54, 1.807) is 11.3 Å². The second-order valence-corrected chi connectivity index (χ2v) is 5.56. The minimum Gasteiger partial charge on any atom is -0.324 e. The molecule has 0 saturated carbocycles. The molecule has 1 heterocycles. The third-order valence-corrected chi connectivity index (χ3v) is 3.94. The van der Waals surface area contributed by atoms with Gasteiger partial charge in [-0.25, -0.2) is 0 Å². The number of hydrogen-bond donors (Lipinski definition) is 1. The zero-order chi connectivity index (χ0) is 11.4. The summed E-state index contributed by atoms with van der Waals surface area (Å²) in [7, 11) is 0. The van der Waals surface area contributed by atoms with Crippen LogP contribution in [0, 0.1) is 0 Å². The first-order chi connectivity index (χ1) is 7.83. The molecule has 1 aromatic heterocycles. The van der Waals surface area contributed by atoms with Crippen LogP contribution in [0.4, 0.5) is 0 Å².